The predicted molar refractivity (Wildman–Crippen MR) is 104 cm³/mol. The standard InChI is InChI=1S/C18H18N4O3S2/c19-9-12-1-3-13(4-2-12)20-10-14-5-6-16(23)22(14)7-8-26-18-21-15(11-27-18)17(24)25/h1-4,11,14,20H,5-8,10H2,(H,24,25). The van der Waals surface area contributed by atoms with Gasteiger partial charge in [0.15, 0.2) is 10.0 Å². The van der Waals surface area contributed by atoms with Crippen LogP contribution in [-0.4, -0.2) is 51.8 Å². The monoisotopic (exact) mass is 402 g/mol. The Labute approximate surface area is 165 Å². The van der Waals surface area contributed by atoms with Gasteiger partial charge in [0.25, 0.3) is 0 Å². The average Bonchev–Trinajstić information content (AvgIpc) is 3.28. The van der Waals surface area contributed by atoms with Crippen LogP contribution in [0.3, 0.4) is 0 Å². The molecule has 1 unspecified atom stereocenters. The lowest BCUT2D eigenvalue weighted by atomic mass is 10.2. The molecule has 1 atom stereocenters. The van der Waals surface area contributed by atoms with Gasteiger partial charge in [0.1, 0.15) is 0 Å². The highest BCUT2D eigenvalue weighted by Gasteiger charge is 2.30. The van der Waals surface area contributed by atoms with Crippen LogP contribution >= 0.6 is 23.1 Å². The minimum Gasteiger partial charge on any atom is -0.476 e. The van der Waals surface area contributed by atoms with Crippen LogP contribution in [0.25, 0.3) is 0 Å². The molecule has 2 N–H and O–H groups in total. The Morgan fingerprint density at radius 2 is 2.22 bits per heavy atom. The highest BCUT2D eigenvalue weighted by atomic mass is 32.2. The van der Waals surface area contributed by atoms with Crippen LogP contribution < -0.4 is 5.32 Å². The molecule has 0 aliphatic carbocycles. The molecule has 1 aliphatic rings. The van der Waals surface area contributed by atoms with Crippen molar-refractivity contribution in [1.82, 2.24) is 9.88 Å². The van der Waals surface area contributed by atoms with Gasteiger partial charge < -0.3 is 15.3 Å². The first kappa shape index (κ1) is 19.2. The molecule has 1 aromatic carbocycles. The zero-order valence-electron chi connectivity index (χ0n) is 14.4. The number of carbonyl (C=O) groups excluding carboxylic acids is 1. The van der Waals surface area contributed by atoms with Crippen molar-refractivity contribution in [3.63, 3.8) is 0 Å². The van der Waals surface area contributed by atoms with Crippen molar-refractivity contribution < 1.29 is 14.7 Å². The molecule has 0 bridgehead atoms. The van der Waals surface area contributed by atoms with E-state index in [4.69, 9.17) is 10.4 Å². The van der Waals surface area contributed by atoms with Crippen molar-refractivity contribution in [3.05, 3.63) is 40.9 Å². The molecular formula is C18H18N4O3S2. The molecule has 3 rings (SSSR count). The molecule has 1 saturated heterocycles. The van der Waals surface area contributed by atoms with E-state index in [1.165, 1.54) is 28.5 Å². The molecule has 9 heteroatoms. The fourth-order valence-electron chi connectivity index (χ4n) is 2.86. The van der Waals surface area contributed by atoms with Crippen molar-refractivity contribution in [2.24, 2.45) is 0 Å². The van der Waals surface area contributed by atoms with E-state index in [9.17, 15) is 9.59 Å². The molecule has 2 aromatic rings. The van der Waals surface area contributed by atoms with Crippen LogP contribution in [0.4, 0.5) is 5.69 Å². The van der Waals surface area contributed by atoms with E-state index in [-0.39, 0.29) is 17.6 Å². The highest BCUT2D eigenvalue weighted by Crippen LogP contribution is 2.25. The maximum absolute atomic E-state index is 12.2. The molecule has 1 amide bonds. The molecule has 0 saturated carbocycles. The van der Waals surface area contributed by atoms with Gasteiger partial charge >= 0.3 is 5.97 Å². The van der Waals surface area contributed by atoms with Crippen LogP contribution in [0.1, 0.15) is 28.9 Å². The molecular weight excluding hydrogens is 384 g/mol. The Bertz CT molecular complexity index is 860. The van der Waals surface area contributed by atoms with Crippen LogP contribution in [-0.2, 0) is 4.79 Å². The first-order valence-corrected chi connectivity index (χ1v) is 10.3. The second-order valence-electron chi connectivity index (χ2n) is 6.00. The fraction of sp³-hybridized carbons (Fsp3) is 0.333. The number of anilines is 1. The van der Waals surface area contributed by atoms with E-state index in [1.54, 1.807) is 12.1 Å². The number of amides is 1. The van der Waals surface area contributed by atoms with E-state index in [1.807, 2.05) is 17.0 Å². The molecule has 27 heavy (non-hydrogen) atoms. The number of thiazole rings is 1. The summed E-state index contributed by atoms with van der Waals surface area (Å²) in [4.78, 5) is 29.0. The molecule has 1 aliphatic heterocycles. The lowest BCUT2D eigenvalue weighted by Crippen LogP contribution is -2.39. The van der Waals surface area contributed by atoms with E-state index in [2.05, 4.69) is 16.4 Å². The number of benzene rings is 1. The normalized spacial score (nSPS) is 16.3. The Balaban J connectivity index is 1.49. The lowest BCUT2D eigenvalue weighted by molar-refractivity contribution is -0.128. The molecule has 1 aromatic heterocycles. The molecule has 1 fully saturated rings. The molecule has 0 radical (unpaired) electrons. The van der Waals surface area contributed by atoms with E-state index in [0.717, 1.165) is 12.1 Å². The van der Waals surface area contributed by atoms with Crippen LogP contribution in [0.5, 0.6) is 0 Å². The van der Waals surface area contributed by atoms with Gasteiger partial charge in [-0.2, -0.15) is 5.26 Å². The summed E-state index contributed by atoms with van der Waals surface area (Å²) in [5.74, 6) is -0.208. The van der Waals surface area contributed by atoms with Crippen molar-refractivity contribution in [2.75, 3.05) is 24.2 Å². The minimum atomic E-state index is -1.03. The van der Waals surface area contributed by atoms with E-state index < -0.39 is 5.97 Å². The number of rotatable bonds is 8. The topological polar surface area (TPSA) is 106 Å². The SMILES string of the molecule is N#Cc1ccc(NCC2CCC(=O)N2CCSc2nc(C(=O)O)cs2)cc1. The predicted octanol–water partition coefficient (Wildman–Crippen LogP) is 2.91. The number of nitrogens with zero attached hydrogens (tertiary/aromatic N) is 3. The average molecular weight is 403 g/mol. The number of aromatic carboxylic acids is 1. The van der Waals surface area contributed by atoms with Crippen LogP contribution in [0.15, 0.2) is 34.0 Å². The van der Waals surface area contributed by atoms with Gasteiger partial charge in [-0.15, -0.1) is 11.3 Å². The number of carbonyl (C=O) groups is 2. The summed E-state index contributed by atoms with van der Waals surface area (Å²) in [5, 5.41) is 22.6. The summed E-state index contributed by atoms with van der Waals surface area (Å²) in [6.07, 6.45) is 1.36. The Hall–Kier alpha value is -2.57. The van der Waals surface area contributed by atoms with Crippen molar-refractivity contribution in [1.29, 1.82) is 5.26 Å². The number of thioether (sulfide) groups is 1. The summed E-state index contributed by atoms with van der Waals surface area (Å²) < 4.78 is 0.700. The van der Waals surface area contributed by atoms with Crippen molar-refractivity contribution >= 4 is 40.7 Å². The molecule has 140 valence electrons. The summed E-state index contributed by atoms with van der Waals surface area (Å²) in [7, 11) is 0. The fourth-order valence-corrected chi connectivity index (χ4v) is 4.67. The third kappa shape index (κ3) is 4.99. The molecule has 2 heterocycles. The third-order valence-electron chi connectivity index (χ3n) is 4.27. The van der Waals surface area contributed by atoms with Gasteiger partial charge in [-0.3, -0.25) is 4.79 Å². The van der Waals surface area contributed by atoms with Gasteiger partial charge in [-0.1, -0.05) is 11.8 Å². The summed E-state index contributed by atoms with van der Waals surface area (Å²) in [6, 6.07) is 9.45. The summed E-state index contributed by atoms with van der Waals surface area (Å²) in [6.45, 7) is 1.26. The Morgan fingerprint density at radius 1 is 1.44 bits per heavy atom. The second kappa shape index (κ2) is 8.88. The first-order valence-electron chi connectivity index (χ1n) is 8.42. The van der Waals surface area contributed by atoms with Crippen LogP contribution in [0.2, 0.25) is 0 Å². The Kier molecular flexibility index (Phi) is 6.32. The van der Waals surface area contributed by atoms with Gasteiger partial charge in [-0.25, -0.2) is 9.78 Å². The van der Waals surface area contributed by atoms with Gasteiger partial charge in [-0.05, 0) is 30.7 Å². The quantitative estimate of drug-likeness (QED) is 0.654. The molecule has 7 nitrogen and oxygen atoms in total. The zero-order chi connectivity index (χ0) is 19.2. The number of carboxylic acids is 1. The number of aromatic nitrogens is 1. The summed E-state index contributed by atoms with van der Waals surface area (Å²) in [5.41, 5.74) is 1.60. The maximum Gasteiger partial charge on any atom is 0.355 e. The van der Waals surface area contributed by atoms with E-state index >= 15 is 0 Å². The van der Waals surface area contributed by atoms with Crippen LogP contribution in [0, 0.1) is 11.3 Å². The highest BCUT2D eigenvalue weighted by molar-refractivity contribution is 8.01. The number of hydrogen-bond donors (Lipinski definition) is 2. The second-order valence-corrected chi connectivity index (χ2v) is 8.20. The Morgan fingerprint density at radius 3 is 2.89 bits per heavy atom. The largest absolute Gasteiger partial charge is 0.476 e. The number of nitriles is 1. The lowest BCUT2D eigenvalue weighted by Gasteiger charge is -2.25. The maximum atomic E-state index is 12.2. The van der Waals surface area contributed by atoms with Crippen molar-refractivity contribution in [3.8, 4) is 6.07 Å². The number of nitrogens with one attached hydrogen (secondary N) is 1. The smallest absolute Gasteiger partial charge is 0.355 e. The third-order valence-corrected chi connectivity index (χ3v) is 6.27. The van der Waals surface area contributed by atoms with Gasteiger partial charge in [0.2, 0.25) is 5.91 Å². The number of carboxylic acid groups (broad SMARTS) is 1. The van der Waals surface area contributed by atoms with Gasteiger partial charge in [0, 0.05) is 42.4 Å². The van der Waals surface area contributed by atoms with E-state index in [0.29, 0.717) is 35.2 Å². The number of hydrogen-bond acceptors (Lipinski definition) is 7. The summed E-state index contributed by atoms with van der Waals surface area (Å²) >= 11 is 2.77. The zero-order valence-corrected chi connectivity index (χ0v) is 16.1. The van der Waals surface area contributed by atoms with Crippen molar-refractivity contribution in [2.45, 2.75) is 23.2 Å². The number of likely N-dealkylation sites (tertiary alicyclic amines) is 1. The first-order chi connectivity index (χ1) is 13.1. The van der Waals surface area contributed by atoms with Gasteiger partial charge in [0.05, 0.1) is 11.6 Å². The molecule has 0 spiro atoms. The minimum absolute atomic E-state index is 0.0595.